The third kappa shape index (κ3) is 2.34. The van der Waals surface area contributed by atoms with Crippen LogP contribution < -0.4 is 0 Å². The van der Waals surface area contributed by atoms with Crippen molar-refractivity contribution in [1.82, 2.24) is 14.7 Å². The highest BCUT2D eigenvalue weighted by Crippen LogP contribution is 2.28. The smallest absolute Gasteiger partial charge is 0.356 e. The number of aromatic nitrogens is 2. The molecule has 94 valence electrons. The van der Waals surface area contributed by atoms with Crippen LogP contribution in [0.1, 0.15) is 48.4 Å². The van der Waals surface area contributed by atoms with Gasteiger partial charge in [0.05, 0.1) is 0 Å². The van der Waals surface area contributed by atoms with E-state index < -0.39 is 5.97 Å². The minimum atomic E-state index is -0.947. The fourth-order valence-corrected chi connectivity index (χ4v) is 2.41. The van der Waals surface area contributed by atoms with Gasteiger partial charge in [-0.3, -0.25) is 4.68 Å². The maximum absolute atomic E-state index is 11.0. The first-order valence-electron chi connectivity index (χ1n) is 6.00. The van der Waals surface area contributed by atoms with Gasteiger partial charge in [-0.15, -0.1) is 0 Å². The third-order valence-corrected chi connectivity index (χ3v) is 3.28. The van der Waals surface area contributed by atoms with Gasteiger partial charge in [0.1, 0.15) is 0 Å². The molecule has 1 aliphatic rings. The first kappa shape index (κ1) is 12.1. The minimum Gasteiger partial charge on any atom is -0.476 e. The van der Waals surface area contributed by atoms with Gasteiger partial charge < -0.3 is 10.0 Å². The SMILES string of the molecule is CC(C)n1nc(C(=O)O)cc1C1CCN(C)C1. The Kier molecular flexibility index (Phi) is 3.19. The van der Waals surface area contributed by atoms with E-state index >= 15 is 0 Å². The number of hydrogen-bond acceptors (Lipinski definition) is 3. The number of likely N-dealkylation sites (N-methyl/N-ethyl adjacent to an activating group) is 1. The van der Waals surface area contributed by atoms with Crippen LogP contribution in [0, 0.1) is 0 Å². The lowest BCUT2D eigenvalue weighted by atomic mass is 10.0. The highest BCUT2D eigenvalue weighted by atomic mass is 16.4. The highest BCUT2D eigenvalue weighted by molar-refractivity contribution is 5.85. The monoisotopic (exact) mass is 237 g/mol. The number of rotatable bonds is 3. The molecule has 5 nitrogen and oxygen atoms in total. The Hall–Kier alpha value is -1.36. The molecule has 1 aliphatic heterocycles. The van der Waals surface area contributed by atoms with E-state index in [-0.39, 0.29) is 11.7 Å². The lowest BCUT2D eigenvalue weighted by Crippen LogP contribution is -2.16. The van der Waals surface area contributed by atoms with Gasteiger partial charge in [0.15, 0.2) is 5.69 Å². The van der Waals surface area contributed by atoms with Crippen molar-refractivity contribution in [1.29, 1.82) is 0 Å². The van der Waals surface area contributed by atoms with Gasteiger partial charge in [-0.2, -0.15) is 5.10 Å². The van der Waals surface area contributed by atoms with Crippen LogP contribution in [-0.2, 0) is 0 Å². The molecule has 17 heavy (non-hydrogen) atoms. The molecule has 1 aromatic heterocycles. The molecular weight excluding hydrogens is 218 g/mol. The van der Waals surface area contributed by atoms with E-state index in [2.05, 4.69) is 17.0 Å². The lowest BCUT2D eigenvalue weighted by molar-refractivity contribution is 0.0689. The van der Waals surface area contributed by atoms with E-state index in [1.54, 1.807) is 6.07 Å². The van der Waals surface area contributed by atoms with Crippen molar-refractivity contribution >= 4 is 5.97 Å². The Labute approximate surface area is 101 Å². The Morgan fingerprint density at radius 1 is 1.59 bits per heavy atom. The molecule has 0 radical (unpaired) electrons. The van der Waals surface area contributed by atoms with Gasteiger partial charge in [-0.1, -0.05) is 0 Å². The lowest BCUT2D eigenvalue weighted by Gasteiger charge is -2.15. The molecule has 1 saturated heterocycles. The van der Waals surface area contributed by atoms with Crippen LogP contribution in [0.5, 0.6) is 0 Å². The second-order valence-electron chi connectivity index (χ2n) is 5.05. The highest BCUT2D eigenvalue weighted by Gasteiger charge is 2.27. The van der Waals surface area contributed by atoms with Gasteiger partial charge in [0, 0.05) is 24.2 Å². The van der Waals surface area contributed by atoms with Crippen molar-refractivity contribution in [2.45, 2.75) is 32.2 Å². The van der Waals surface area contributed by atoms with Crippen LogP contribution >= 0.6 is 0 Å². The molecule has 1 atom stereocenters. The zero-order chi connectivity index (χ0) is 12.6. The summed E-state index contributed by atoms with van der Waals surface area (Å²) >= 11 is 0. The predicted octanol–water partition coefficient (Wildman–Crippen LogP) is 1.58. The molecule has 2 rings (SSSR count). The molecule has 1 N–H and O–H groups in total. The van der Waals surface area contributed by atoms with E-state index in [1.807, 2.05) is 18.5 Å². The van der Waals surface area contributed by atoms with E-state index in [1.165, 1.54) is 0 Å². The fourth-order valence-electron chi connectivity index (χ4n) is 2.41. The number of hydrogen-bond donors (Lipinski definition) is 1. The van der Waals surface area contributed by atoms with Gasteiger partial charge in [0.2, 0.25) is 0 Å². The summed E-state index contributed by atoms with van der Waals surface area (Å²) in [4.78, 5) is 13.2. The van der Waals surface area contributed by atoms with E-state index in [4.69, 9.17) is 5.11 Å². The number of aromatic carboxylic acids is 1. The Morgan fingerprint density at radius 2 is 2.29 bits per heavy atom. The topological polar surface area (TPSA) is 58.4 Å². The molecular formula is C12H19N3O2. The summed E-state index contributed by atoms with van der Waals surface area (Å²) in [6.07, 6.45) is 1.08. The van der Waals surface area contributed by atoms with E-state index in [0.717, 1.165) is 25.2 Å². The quantitative estimate of drug-likeness (QED) is 0.867. The van der Waals surface area contributed by atoms with Crippen LogP contribution in [0.2, 0.25) is 0 Å². The van der Waals surface area contributed by atoms with Crippen LogP contribution in [0.3, 0.4) is 0 Å². The van der Waals surface area contributed by atoms with Crippen LogP contribution in [-0.4, -0.2) is 45.9 Å². The normalized spacial score (nSPS) is 21.3. The maximum Gasteiger partial charge on any atom is 0.356 e. The standard InChI is InChI=1S/C12H19N3O2/c1-8(2)15-11(6-10(13-15)12(16)17)9-4-5-14(3)7-9/h6,8-9H,4-5,7H2,1-3H3,(H,16,17). The Bertz CT molecular complexity index is 425. The van der Waals surface area contributed by atoms with Crippen molar-refractivity contribution < 1.29 is 9.90 Å². The maximum atomic E-state index is 11.0. The predicted molar refractivity (Wildman–Crippen MR) is 64.4 cm³/mol. The zero-order valence-corrected chi connectivity index (χ0v) is 10.6. The molecule has 0 aromatic carbocycles. The summed E-state index contributed by atoms with van der Waals surface area (Å²) < 4.78 is 1.85. The van der Waals surface area contributed by atoms with Crippen molar-refractivity contribution in [3.05, 3.63) is 17.5 Å². The number of carbonyl (C=O) groups is 1. The minimum absolute atomic E-state index is 0.156. The molecule has 2 heterocycles. The van der Waals surface area contributed by atoms with Gasteiger partial charge in [-0.05, 0) is 39.9 Å². The second-order valence-corrected chi connectivity index (χ2v) is 5.05. The summed E-state index contributed by atoms with van der Waals surface area (Å²) in [6, 6.07) is 1.93. The molecule has 0 amide bonds. The van der Waals surface area contributed by atoms with Crippen molar-refractivity contribution in [3.63, 3.8) is 0 Å². The Balaban J connectivity index is 2.34. The van der Waals surface area contributed by atoms with Crippen molar-refractivity contribution in [2.24, 2.45) is 0 Å². The molecule has 1 fully saturated rings. The number of carboxylic acids is 1. The van der Waals surface area contributed by atoms with Crippen LogP contribution in [0.25, 0.3) is 0 Å². The fraction of sp³-hybridized carbons (Fsp3) is 0.667. The first-order valence-corrected chi connectivity index (χ1v) is 6.00. The number of nitrogens with zero attached hydrogens (tertiary/aromatic N) is 3. The summed E-state index contributed by atoms with van der Waals surface area (Å²) in [6.45, 7) is 6.11. The summed E-state index contributed by atoms with van der Waals surface area (Å²) in [5.41, 5.74) is 1.21. The molecule has 1 aromatic rings. The first-order chi connectivity index (χ1) is 7.99. The molecule has 0 saturated carbocycles. The third-order valence-electron chi connectivity index (χ3n) is 3.28. The van der Waals surface area contributed by atoms with Crippen LogP contribution in [0.15, 0.2) is 6.07 Å². The molecule has 0 aliphatic carbocycles. The van der Waals surface area contributed by atoms with Crippen molar-refractivity contribution in [3.8, 4) is 0 Å². The molecule has 0 bridgehead atoms. The van der Waals surface area contributed by atoms with Gasteiger partial charge in [0.25, 0.3) is 0 Å². The van der Waals surface area contributed by atoms with E-state index in [0.29, 0.717) is 5.92 Å². The summed E-state index contributed by atoms with van der Waals surface area (Å²) in [5, 5.41) is 13.2. The van der Waals surface area contributed by atoms with Gasteiger partial charge in [-0.25, -0.2) is 4.79 Å². The summed E-state index contributed by atoms with van der Waals surface area (Å²) in [5.74, 6) is -0.542. The van der Waals surface area contributed by atoms with Crippen molar-refractivity contribution in [2.75, 3.05) is 20.1 Å². The van der Waals surface area contributed by atoms with Gasteiger partial charge >= 0.3 is 5.97 Å². The largest absolute Gasteiger partial charge is 0.476 e. The molecule has 0 spiro atoms. The number of likely N-dealkylation sites (tertiary alicyclic amines) is 1. The zero-order valence-electron chi connectivity index (χ0n) is 10.6. The second kappa shape index (κ2) is 4.49. The average molecular weight is 237 g/mol. The average Bonchev–Trinajstić information content (AvgIpc) is 2.82. The number of carboxylic acid groups (broad SMARTS) is 1. The van der Waals surface area contributed by atoms with Crippen LogP contribution in [0.4, 0.5) is 0 Å². The Morgan fingerprint density at radius 3 is 2.76 bits per heavy atom. The van der Waals surface area contributed by atoms with E-state index in [9.17, 15) is 4.79 Å². The molecule has 5 heteroatoms. The molecule has 1 unspecified atom stereocenters. The summed E-state index contributed by atoms with van der Waals surface area (Å²) in [7, 11) is 2.09.